The fraction of sp³-hybridized carbons (Fsp3) is 0.571. The van der Waals surface area contributed by atoms with Crippen LogP contribution in [0.5, 0.6) is 11.5 Å². The van der Waals surface area contributed by atoms with Crippen molar-refractivity contribution in [2.45, 2.75) is 12.4 Å². The van der Waals surface area contributed by atoms with Gasteiger partial charge in [-0.1, -0.05) is 0 Å². The van der Waals surface area contributed by atoms with E-state index in [1.165, 1.54) is 12.1 Å². The van der Waals surface area contributed by atoms with Gasteiger partial charge >= 0.3 is 12.4 Å². The second-order valence-corrected chi connectivity index (χ2v) is 5.17. The number of hydrogen-bond donors (Lipinski definition) is 1. The number of piperazine rings is 1. The van der Waals surface area contributed by atoms with Crippen molar-refractivity contribution in [2.24, 2.45) is 0 Å². The molecule has 0 saturated carbocycles. The Bertz CT molecular complexity index is 541. The second-order valence-electron chi connectivity index (χ2n) is 5.17. The third-order valence-corrected chi connectivity index (χ3v) is 3.18. The van der Waals surface area contributed by atoms with Gasteiger partial charge in [0.1, 0.15) is 11.5 Å². The molecule has 1 N–H and O–H groups in total. The molecule has 0 unspecified atom stereocenters. The van der Waals surface area contributed by atoms with E-state index in [4.69, 9.17) is 4.74 Å². The maximum absolute atomic E-state index is 12.4. The minimum Gasteiger partial charge on any atom is -0.484 e. The van der Waals surface area contributed by atoms with Crippen LogP contribution in [0.15, 0.2) is 18.2 Å². The molecule has 0 aliphatic carbocycles. The summed E-state index contributed by atoms with van der Waals surface area (Å²) in [5, 5.41) is 3.10. The molecule has 1 fully saturated rings. The standard InChI is InChI=1S/C14H16F6N2O2/c15-13(16,17)8-23-10-1-2-11(22-5-3-21-4-6-22)12(7-10)24-9-14(18,19)20/h1-2,7,21H,3-6,8-9H2. The van der Waals surface area contributed by atoms with E-state index in [2.05, 4.69) is 10.1 Å². The first-order chi connectivity index (χ1) is 11.1. The number of benzene rings is 1. The summed E-state index contributed by atoms with van der Waals surface area (Å²) < 4.78 is 83.1. The molecule has 24 heavy (non-hydrogen) atoms. The molecule has 1 heterocycles. The normalized spacial score (nSPS) is 16.2. The van der Waals surface area contributed by atoms with Gasteiger partial charge in [-0.25, -0.2) is 0 Å². The molecule has 0 amide bonds. The van der Waals surface area contributed by atoms with Crippen LogP contribution in [-0.4, -0.2) is 51.7 Å². The molecular weight excluding hydrogens is 342 g/mol. The lowest BCUT2D eigenvalue weighted by molar-refractivity contribution is -0.153. The molecule has 4 nitrogen and oxygen atoms in total. The number of hydrogen-bond acceptors (Lipinski definition) is 4. The first kappa shape index (κ1) is 18.5. The van der Waals surface area contributed by atoms with Crippen molar-refractivity contribution < 1.29 is 35.8 Å². The number of alkyl halides is 6. The van der Waals surface area contributed by atoms with Crippen LogP contribution in [0.2, 0.25) is 0 Å². The van der Waals surface area contributed by atoms with Gasteiger partial charge in [-0.15, -0.1) is 0 Å². The van der Waals surface area contributed by atoms with Gasteiger partial charge in [-0.05, 0) is 12.1 Å². The summed E-state index contributed by atoms with van der Waals surface area (Å²) in [5.41, 5.74) is 0.389. The molecule has 1 aromatic carbocycles. The largest absolute Gasteiger partial charge is 0.484 e. The Labute approximate surface area is 134 Å². The summed E-state index contributed by atoms with van der Waals surface area (Å²) in [6, 6.07) is 3.74. The fourth-order valence-corrected chi connectivity index (χ4v) is 2.19. The Morgan fingerprint density at radius 3 is 2.08 bits per heavy atom. The number of halogens is 6. The number of nitrogens with zero attached hydrogens (tertiary/aromatic N) is 1. The number of rotatable bonds is 5. The Morgan fingerprint density at radius 2 is 1.50 bits per heavy atom. The van der Waals surface area contributed by atoms with Crippen LogP contribution in [0.25, 0.3) is 0 Å². The van der Waals surface area contributed by atoms with Gasteiger partial charge in [0.05, 0.1) is 5.69 Å². The lowest BCUT2D eigenvalue weighted by atomic mass is 10.2. The van der Waals surface area contributed by atoms with Crippen molar-refractivity contribution in [3.63, 3.8) is 0 Å². The van der Waals surface area contributed by atoms with E-state index in [1.54, 1.807) is 4.90 Å². The molecular formula is C14H16F6N2O2. The molecule has 0 aromatic heterocycles. The van der Waals surface area contributed by atoms with Gasteiger partial charge < -0.3 is 19.7 Å². The lowest BCUT2D eigenvalue weighted by Gasteiger charge is -2.31. The molecule has 0 bridgehead atoms. The van der Waals surface area contributed by atoms with Crippen LogP contribution >= 0.6 is 0 Å². The average Bonchev–Trinajstić information content (AvgIpc) is 2.50. The van der Waals surface area contributed by atoms with Crippen LogP contribution in [0.3, 0.4) is 0 Å². The summed E-state index contributed by atoms with van der Waals surface area (Å²) in [6.07, 6.45) is -9.09. The maximum atomic E-state index is 12.4. The SMILES string of the molecule is FC(F)(F)COc1ccc(N2CCNCC2)c(OCC(F)(F)F)c1. The first-order valence-electron chi connectivity index (χ1n) is 7.13. The van der Waals surface area contributed by atoms with Gasteiger partial charge in [-0.3, -0.25) is 0 Å². The van der Waals surface area contributed by atoms with Gasteiger partial charge in [0.2, 0.25) is 0 Å². The van der Waals surface area contributed by atoms with E-state index in [9.17, 15) is 26.3 Å². The van der Waals surface area contributed by atoms with Gasteiger partial charge in [0.25, 0.3) is 0 Å². The highest BCUT2D eigenvalue weighted by atomic mass is 19.4. The topological polar surface area (TPSA) is 33.7 Å². The molecule has 10 heteroatoms. The Balaban J connectivity index is 2.18. The van der Waals surface area contributed by atoms with Crippen molar-refractivity contribution in [2.75, 3.05) is 44.3 Å². The van der Waals surface area contributed by atoms with Crippen LogP contribution in [0.4, 0.5) is 32.0 Å². The molecule has 0 spiro atoms. The number of anilines is 1. The van der Waals surface area contributed by atoms with Crippen molar-refractivity contribution in [1.29, 1.82) is 0 Å². The molecule has 1 aromatic rings. The minimum absolute atomic E-state index is 0.158. The Hall–Kier alpha value is -1.84. The summed E-state index contributed by atoms with van der Waals surface area (Å²) in [4.78, 5) is 1.80. The molecule has 0 radical (unpaired) electrons. The quantitative estimate of drug-likeness (QED) is 0.821. The van der Waals surface area contributed by atoms with Crippen molar-refractivity contribution in [3.05, 3.63) is 18.2 Å². The van der Waals surface area contributed by atoms with E-state index in [0.717, 1.165) is 6.07 Å². The third kappa shape index (κ3) is 5.99. The molecule has 1 saturated heterocycles. The van der Waals surface area contributed by atoms with Crippen molar-refractivity contribution >= 4 is 5.69 Å². The zero-order chi connectivity index (χ0) is 17.8. The summed E-state index contributed by atoms with van der Waals surface area (Å²) in [6.45, 7) is -0.681. The van der Waals surface area contributed by atoms with E-state index in [1.807, 2.05) is 0 Å². The van der Waals surface area contributed by atoms with Gasteiger partial charge in [0, 0.05) is 32.2 Å². The summed E-state index contributed by atoms with van der Waals surface area (Å²) in [5.74, 6) is -0.364. The van der Waals surface area contributed by atoms with Crippen molar-refractivity contribution in [3.8, 4) is 11.5 Å². The highest BCUT2D eigenvalue weighted by molar-refractivity contribution is 5.61. The van der Waals surface area contributed by atoms with E-state index in [0.29, 0.717) is 31.9 Å². The maximum Gasteiger partial charge on any atom is 0.422 e. The average molecular weight is 358 g/mol. The third-order valence-electron chi connectivity index (χ3n) is 3.18. The monoisotopic (exact) mass is 358 g/mol. The molecule has 136 valence electrons. The van der Waals surface area contributed by atoms with Crippen LogP contribution < -0.4 is 19.7 Å². The molecule has 1 aliphatic rings. The van der Waals surface area contributed by atoms with E-state index in [-0.39, 0.29) is 11.5 Å². The Morgan fingerprint density at radius 1 is 0.917 bits per heavy atom. The Kier molecular flexibility index (Phi) is 5.68. The lowest BCUT2D eigenvalue weighted by Crippen LogP contribution is -2.43. The molecule has 2 rings (SSSR count). The fourth-order valence-electron chi connectivity index (χ4n) is 2.19. The summed E-state index contributed by atoms with van der Waals surface area (Å²) >= 11 is 0. The predicted octanol–water partition coefficient (Wildman–Crippen LogP) is 2.98. The highest BCUT2D eigenvalue weighted by Crippen LogP contribution is 2.34. The summed E-state index contributed by atoms with van der Waals surface area (Å²) in [7, 11) is 0. The molecule has 0 atom stereocenters. The van der Waals surface area contributed by atoms with Crippen LogP contribution in [0.1, 0.15) is 0 Å². The minimum atomic E-state index is -4.55. The van der Waals surface area contributed by atoms with E-state index >= 15 is 0 Å². The second kappa shape index (κ2) is 7.37. The van der Waals surface area contributed by atoms with Crippen LogP contribution in [0, 0.1) is 0 Å². The van der Waals surface area contributed by atoms with Gasteiger partial charge in [-0.2, -0.15) is 26.3 Å². The molecule has 1 aliphatic heterocycles. The predicted molar refractivity (Wildman–Crippen MR) is 74.6 cm³/mol. The number of nitrogens with one attached hydrogen (secondary N) is 1. The van der Waals surface area contributed by atoms with Gasteiger partial charge in [0.15, 0.2) is 13.2 Å². The smallest absolute Gasteiger partial charge is 0.422 e. The van der Waals surface area contributed by atoms with Crippen molar-refractivity contribution in [1.82, 2.24) is 5.32 Å². The first-order valence-corrected chi connectivity index (χ1v) is 7.13. The number of ether oxygens (including phenoxy) is 2. The zero-order valence-corrected chi connectivity index (χ0v) is 12.5. The highest BCUT2D eigenvalue weighted by Gasteiger charge is 2.30. The van der Waals surface area contributed by atoms with Crippen LogP contribution in [-0.2, 0) is 0 Å². The van der Waals surface area contributed by atoms with E-state index < -0.39 is 25.6 Å². The zero-order valence-electron chi connectivity index (χ0n) is 12.5.